The molecule has 1 N–H and O–H groups in total. The zero-order valence-corrected chi connectivity index (χ0v) is 14.1. The van der Waals surface area contributed by atoms with Crippen LogP contribution in [0.5, 0.6) is 0 Å². The van der Waals surface area contributed by atoms with E-state index in [0.717, 1.165) is 17.0 Å². The maximum absolute atomic E-state index is 12.3. The van der Waals surface area contributed by atoms with Crippen molar-refractivity contribution in [3.63, 3.8) is 0 Å². The topological polar surface area (TPSA) is 32.3 Å². The van der Waals surface area contributed by atoms with Crippen LogP contribution in [-0.2, 0) is 0 Å². The van der Waals surface area contributed by atoms with Crippen LogP contribution in [0.2, 0.25) is 10.0 Å². The number of hydrogen-bond donors (Lipinski definition) is 1. The fourth-order valence-electron chi connectivity index (χ4n) is 1.87. The minimum atomic E-state index is 0.0228. The van der Waals surface area contributed by atoms with Gasteiger partial charge in [-0.25, -0.2) is 0 Å². The van der Waals surface area contributed by atoms with Crippen LogP contribution >= 0.6 is 34.5 Å². The monoisotopic (exact) mass is 342 g/mol. The molecule has 0 radical (unpaired) electrons. The second-order valence-electron chi connectivity index (χ2n) is 4.65. The summed E-state index contributed by atoms with van der Waals surface area (Å²) in [4.78, 5) is 15.7. The first-order valence-electron chi connectivity index (χ1n) is 6.47. The molecule has 6 heteroatoms. The van der Waals surface area contributed by atoms with Crippen molar-refractivity contribution in [2.24, 2.45) is 0 Å². The Morgan fingerprint density at radius 1 is 1.24 bits per heavy atom. The molecule has 0 bridgehead atoms. The first-order valence-corrected chi connectivity index (χ1v) is 8.05. The smallest absolute Gasteiger partial charge is 0.263 e. The fraction of sp³-hybridized carbons (Fsp3) is 0.267. The summed E-state index contributed by atoms with van der Waals surface area (Å²) in [5.74, 6) is 0.0228. The van der Waals surface area contributed by atoms with Crippen LogP contribution in [0.4, 0.5) is 0 Å². The van der Waals surface area contributed by atoms with Crippen molar-refractivity contribution in [2.75, 3.05) is 27.2 Å². The third-order valence-corrected chi connectivity index (χ3v) is 4.57. The highest BCUT2D eigenvalue weighted by atomic mass is 35.5. The largest absolute Gasteiger partial charge is 0.340 e. The van der Waals surface area contributed by atoms with Crippen molar-refractivity contribution in [1.29, 1.82) is 0 Å². The van der Waals surface area contributed by atoms with Crippen LogP contribution in [0, 0.1) is 0 Å². The lowest BCUT2D eigenvalue weighted by Gasteiger charge is -2.15. The van der Waals surface area contributed by atoms with Crippen molar-refractivity contribution in [2.45, 2.75) is 0 Å². The first-order chi connectivity index (χ1) is 10.0. The molecule has 1 heterocycles. The molecule has 0 unspecified atom stereocenters. The van der Waals surface area contributed by atoms with Crippen LogP contribution in [0.1, 0.15) is 9.67 Å². The molecular formula is C15H16Cl2N2OS. The number of halogens is 2. The molecule has 1 aromatic heterocycles. The molecule has 3 nitrogen and oxygen atoms in total. The number of nitrogens with zero attached hydrogens (tertiary/aromatic N) is 1. The van der Waals surface area contributed by atoms with Gasteiger partial charge in [-0.15, -0.1) is 11.3 Å². The van der Waals surface area contributed by atoms with E-state index in [2.05, 4.69) is 5.32 Å². The van der Waals surface area contributed by atoms with E-state index in [1.54, 1.807) is 18.0 Å². The highest BCUT2D eigenvalue weighted by molar-refractivity contribution is 7.17. The Kier molecular flexibility index (Phi) is 5.65. The van der Waals surface area contributed by atoms with E-state index in [1.165, 1.54) is 11.3 Å². The third kappa shape index (κ3) is 4.20. The van der Waals surface area contributed by atoms with Crippen LogP contribution in [-0.4, -0.2) is 38.0 Å². The number of likely N-dealkylation sites (N-methyl/N-ethyl adjacent to an activating group) is 2. The fourth-order valence-corrected chi connectivity index (χ4v) is 3.39. The SMILES string of the molecule is CNCCN(C)C(=O)c1ccc(-c2cc(Cl)cc(Cl)c2)s1. The van der Waals surface area contributed by atoms with Gasteiger partial charge in [-0.1, -0.05) is 23.2 Å². The molecule has 0 aliphatic heterocycles. The number of amides is 1. The standard InChI is InChI=1S/C15H16Cl2N2OS/c1-18-5-6-19(2)15(20)14-4-3-13(21-14)10-7-11(16)9-12(17)8-10/h3-4,7-9,18H,5-6H2,1-2H3. The normalized spacial score (nSPS) is 10.7. The molecule has 0 atom stereocenters. The Bertz CT molecular complexity index is 622. The number of thiophene rings is 1. The molecule has 0 spiro atoms. The Balaban J connectivity index is 2.19. The maximum atomic E-state index is 12.3. The zero-order chi connectivity index (χ0) is 15.4. The molecule has 0 fully saturated rings. The Morgan fingerprint density at radius 3 is 2.52 bits per heavy atom. The third-order valence-electron chi connectivity index (χ3n) is 3.01. The van der Waals surface area contributed by atoms with Crippen molar-refractivity contribution in [3.05, 3.63) is 45.3 Å². The van der Waals surface area contributed by atoms with Crippen LogP contribution in [0.15, 0.2) is 30.3 Å². The van der Waals surface area contributed by atoms with E-state index in [9.17, 15) is 4.79 Å². The van der Waals surface area contributed by atoms with Crippen LogP contribution < -0.4 is 5.32 Å². The number of carbonyl (C=O) groups is 1. The molecular weight excluding hydrogens is 327 g/mol. The molecule has 2 rings (SSSR count). The van der Waals surface area contributed by atoms with E-state index in [0.29, 0.717) is 21.5 Å². The molecule has 21 heavy (non-hydrogen) atoms. The average molecular weight is 343 g/mol. The second-order valence-corrected chi connectivity index (χ2v) is 6.61. The van der Waals surface area contributed by atoms with Crippen LogP contribution in [0.3, 0.4) is 0 Å². The predicted molar refractivity (Wildman–Crippen MR) is 90.7 cm³/mol. The number of hydrogen-bond acceptors (Lipinski definition) is 3. The molecule has 1 amide bonds. The summed E-state index contributed by atoms with van der Waals surface area (Å²) < 4.78 is 0. The van der Waals surface area contributed by atoms with Gasteiger partial charge in [0, 0.05) is 35.1 Å². The van der Waals surface area contributed by atoms with Crippen LogP contribution in [0.25, 0.3) is 10.4 Å². The van der Waals surface area contributed by atoms with E-state index in [-0.39, 0.29) is 5.91 Å². The number of rotatable bonds is 5. The van der Waals surface area contributed by atoms with Crippen molar-refractivity contribution < 1.29 is 4.79 Å². The van der Waals surface area contributed by atoms with Gasteiger partial charge in [-0.3, -0.25) is 4.79 Å². The Labute approximate surface area is 138 Å². The number of benzene rings is 1. The van der Waals surface area contributed by atoms with Crippen molar-refractivity contribution >= 4 is 40.4 Å². The van der Waals surface area contributed by atoms with E-state index < -0.39 is 0 Å². The van der Waals surface area contributed by atoms with Crippen molar-refractivity contribution in [3.8, 4) is 10.4 Å². The van der Waals surface area contributed by atoms with E-state index in [4.69, 9.17) is 23.2 Å². The summed E-state index contributed by atoms with van der Waals surface area (Å²) in [5, 5.41) is 4.20. The lowest BCUT2D eigenvalue weighted by molar-refractivity contribution is 0.0801. The van der Waals surface area contributed by atoms with Gasteiger partial charge in [0.05, 0.1) is 4.88 Å². The minimum absolute atomic E-state index is 0.0228. The van der Waals surface area contributed by atoms with Gasteiger partial charge >= 0.3 is 0 Å². The average Bonchev–Trinajstić information content (AvgIpc) is 2.92. The van der Waals surface area contributed by atoms with E-state index >= 15 is 0 Å². The van der Waals surface area contributed by atoms with E-state index in [1.807, 2.05) is 31.3 Å². The summed E-state index contributed by atoms with van der Waals surface area (Å²) in [6, 6.07) is 9.15. The molecule has 112 valence electrons. The highest BCUT2D eigenvalue weighted by Crippen LogP contribution is 2.32. The Morgan fingerprint density at radius 2 is 1.90 bits per heavy atom. The van der Waals surface area contributed by atoms with Gasteiger partial charge in [-0.05, 0) is 42.9 Å². The van der Waals surface area contributed by atoms with Crippen molar-refractivity contribution in [1.82, 2.24) is 10.2 Å². The first kappa shape index (κ1) is 16.3. The quantitative estimate of drug-likeness (QED) is 0.890. The minimum Gasteiger partial charge on any atom is -0.340 e. The lowest BCUT2D eigenvalue weighted by Crippen LogP contribution is -2.32. The second kappa shape index (κ2) is 7.27. The Hall–Kier alpha value is -1.07. The summed E-state index contributed by atoms with van der Waals surface area (Å²) >= 11 is 13.5. The summed E-state index contributed by atoms with van der Waals surface area (Å²) in [7, 11) is 3.67. The number of nitrogens with one attached hydrogen (secondary N) is 1. The molecule has 0 saturated heterocycles. The van der Waals surface area contributed by atoms with Gasteiger partial charge < -0.3 is 10.2 Å². The predicted octanol–water partition coefficient (Wildman–Crippen LogP) is 4.01. The van der Waals surface area contributed by atoms with Gasteiger partial charge in [0.15, 0.2) is 0 Å². The molecule has 1 aromatic carbocycles. The molecule has 0 saturated carbocycles. The van der Waals surface area contributed by atoms with Gasteiger partial charge in [0.25, 0.3) is 5.91 Å². The highest BCUT2D eigenvalue weighted by Gasteiger charge is 2.14. The van der Waals surface area contributed by atoms with Gasteiger partial charge in [0.1, 0.15) is 0 Å². The van der Waals surface area contributed by atoms with Gasteiger partial charge in [-0.2, -0.15) is 0 Å². The molecule has 0 aliphatic rings. The summed E-state index contributed by atoms with van der Waals surface area (Å²) in [6.07, 6.45) is 0. The lowest BCUT2D eigenvalue weighted by atomic mass is 10.2. The molecule has 2 aromatic rings. The number of carbonyl (C=O) groups excluding carboxylic acids is 1. The summed E-state index contributed by atoms with van der Waals surface area (Å²) in [5.41, 5.74) is 0.925. The summed E-state index contributed by atoms with van der Waals surface area (Å²) in [6.45, 7) is 1.44. The zero-order valence-electron chi connectivity index (χ0n) is 11.8. The molecule has 0 aliphatic carbocycles. The van der Waals surface area contributed by atoms with Gasteiger partial charge in [0.2, 0.25) is 0 Å². The maximum Gasteiger partial charge on any atom is 0.263 e.